The second-order valence-corrected chi connectivity index (χ2v) is 9.15. The number of hydrogen-bond acceptors (Lipinski definition) is 4. The van der Waals surface area contributed by atoms with Gasteiger partial charge in [0.05, 0.1) is 14.2 Å². The van der Waals surface area contributed by atoms with Crippen LogP contribution >= 0.6 is 50.3 Å². The second-order valence-electron chi connectivity index (χ2n) is 6.16. The maximum atomic E-state index is 12.3. The molecule has 1 N–H and O–H groups in total. The Morgan fingerprint density at radius 1 is 1.29 bits per heavy atom. The smallest absolute Gasteiger partial charge is 0.264 e. The molecule has 144 valence electrons. The molecule has 4 nitrogen and oxygen atoms in total. The van der Waals surface area contributed by atoms with Crippen LogP contribution in [0.2, 0.25) is 0 Å². The first-order chi connectivity index (χ1) is 13.4. The van der Waals surface area contributed by atoms with Crippen molar-refractivity contribution in [1.82, 2.24) is 5.32 Å². The zero-order valence-corrected chi connectivity index (χ0v) is 19.9. The van der Waals surface area contributed by atoms with Crippen molar-refractivity contribution < 1.29 is 9.53 Å². The van der Waals surface area contributed by atoms with E-state index in [-0.39, 0.29) is 5.91 Å². The van der Waals surface area contributed by atoms with Gasteiger partial charge in [-0.25, -0.2) is 4.99 Å². The van der Waals surface area contributed by atoms with Gasteiger partial charge in [0.15, 0.2) is 5.17 Å². The standard InChI is InChI=1S/C21H18BrIN2O2S/c1-4-7-27-17-6-5-14(10-16(17)23)11-18-20(26)25-21(28-18)24-15-8-12(2)19(22)13(3)9-15/h4-6,8-11H,1,7H2,2-3H3,(H,24,25,26)/b18-11-. The highest BCUT2D eigenvalue weighted by Gasteiger charge is 2.24. The number of carbonyl (C=O) groups excluding carboxylic acids is 1. The number of benzene rings is 2. The van der Waals surface area contributed by atoms with Gasteiger partial charge >= 0.3 is 0 Å². The molecule has 7 heteroatoms. The van der Waals surface area contributed by atoms with Crippen molar-refractivity contribution in [3.63, 3.8) is 0 Å². The first kappa shape index (κ1) is 21.1. The summed E-state index contributed by atoms with van der Waals surface area (Å²) < 4.78 is 7.65. The van der Waals surface area contributed by atoms with Gasteiger partial charge < -0.3 is 10.1 Å². The number of aryl methyl sites for hydroxylation is 2. The highest BCUT2D eigenvalue weighted by molar-refractivity contribution is 14.1. The minimum Gasteiger partial charge on any atom is -0.488 e. The number of ether oxygens (including phenoxy) is 1. The van der Waals surface area contributed by atoms with Crippen molar-refractivity contribution in [2.75, 3.05) is 6.61 Å². The van der Waals surface area contributed by atoms with E-state index in [0.717, 1.165) is 36.2 Å². The van der Waals surface area contributed by atoms with Crippen molar-refractivity contribution in [3.05, 3.63) is 72.6 Å². The van der Waals surface area contributed by atoms with E-state index >= 15 is 0 Å². The summed E-state index contributed by atoms with van der Waals surface area (Å²) in [5.41, 5.74) is 3.97. The monoisotopic (exact) mass is 568 g/mol. The van der Waals surface area contributed by atoms with E-state index in [9.17, 15) is 4.79 Å². The third kappa shape index (κ3) is 5.07. The number of nitrogens with zero attached hydrogens (tertiary/aromatic N) is 1. The maximum absolute atomic E-state index is 12.3. The van der Waals surface area contributed by atoms with Crippen molar-refractivity contribution >= 4 is 73.1 Å². The Labute approximate surface area is 190 Å². The molecule has 0 atom stereocenters. The predicted octanol–water partition coefficient (Wildman–Crippen LogP) is 6.13. The Morgan fingerprint density at radius 3 is 2.64 bits per heavy atom. The molecule has 0 saturated carbocycles. The van der Waals surface area contributed by atoms with E-state index < -0.39 is 0 Å². The molecule has 0 aromatic heterocycles. The van der Waals surface area contributed by atoms with Crippen LogP contribution in [0.1, 0.15) is 16.7 Å². The molecule has 0 radical (unpaired) electrons. The molecule has 0 unspecified atom stereocenters. The van der Waals surface area contributed by atoms with Gasteiger partial charge in [-0.05, 0) is 95.2 Å². The molecule has 2 aromatic carbocycles. The van der Waals surface area contributed by atoms with Gasteiger partial charge in [-0.1, -0.05) is 34.7 Å². The van der Waals surface area contributed by atoms with Crippen molar-refractivity contribution in [2.45, 2.75) is 13.8 Å². The summed E-state index contributed by atoms with van der Waals surface area (Å²) in [5, 5.41) is 3.42. The van der Waals surface area contributed by atoms with E-state index in [1.54, 1.807) is 6.08 Å². The summed E-state index contributed by atoms with van der Waals surface area (Å²) >= 11 is 7.12. The number of hydrogen-bond donors (Lipinski definition) is 1. The van der Waals surface area contributed by atoms with Crippen LogP contribution in [0.15, 0.2) is 57.4 Å². The summed E-state index contributed by atoms with van der Waals surface area (Å²) in [7, 11) is 0. The molecule has 0 aliphatic carbocycles. The average Bonchev–Trinajstić information content (AvgIpc) is 2.98. The Kier molecular flexibility index (Phi) is 7.00. The number of amides is 1. The van der Waals surface area contributed by atoms with Gasteiger partial charge in [-0.3, -0.25) is 4.79 Å². The Bertz CT molecular complexity index is 994. The third-order valence-corrected chi connectivity index (χ3v) is 6.92. The summed E-state index contributed by atoms with van der Waals surface area (Å²) in [4.78, 5) is 17.5. The van der Waals surface area contributed by atoms with Crippen LogP contribution in [0.25, 0.3) is 6.08 Å². The number of thioether (sulfide) groups is 1. The predicted molar refractivity (Wildman–Crippen MR) is 129 cm³/mol. The van der Waals surface area contributed by atoms with E-state index in [4.69, 9.17) is 4.74 Å². The molecule has 28 heavy (non-hydrogen) atoms. The van der Waals surface area contributed by atoms with E-state index in [1.807, 2.05) is 50.3 Å². The van der Waals surface area contributed by atoms with Gasteiger partial charge in [0.2, 0.25) is 0 Å². The molecule has 1 aliphatic rings. The SMILES string of the molecule is C=CCOc1ccc(/C=C2\SC(=Nc3cc(C)c(Br)c(C)c3)NC2=O)cc1I. The highest BCUT2D eigenvalue weighted by atomic mass is 127. The Balaban J connectivity index is 1.81. The van der Waals surface area contributed by atoms with Crippen LogP contribution in [0.3, 0.4) is 0 Å². The van der Waals surface area contributed by atoms with Gasteiger partial charge in [-0.15, -0.1) is 0 Å². The molecule has 1 amide bonds. The lowest BCUT2D eigenvalue weighted by Crippen LogP contribution is -2.19. The summed E-state index contributed by atoms with van der Waals surface area (Å²) in [6.45, 7) is 8.16. The molecule has 1 heterocycles. The van der Waals surface area contributed by atoms with E-state index in [2.05, 4.69) is 55.4 Å². The summed E-state index contributed by atoms with van der Waals surface area (Å²) in [6.07, 6.45) is 3.57. The highest BCUT2D eigenvalue weighted by Crippen LogP contribution is 2.31. The summed E-state index contributed by atoms with van der Waals surface area (Å²) in [6, 6.07) is 9.79. The topological polar surface area (TPSA) is 50.7 Å². The first-order valence-corrected chi connectivity index (χ1v) is 11.2. The largest absolute Gasteiger partial charge is 0.488 e. The number of carbonyl (C=O) groups is 1. The lowest BCUT2D eigenvalue weighted by atomic mass is 10.1. The summed E-state index contributed by atoms with van der Waals surface area (Å²) in [5.74, 6) is 0.658. The van der Waals surface area contributed by atoms with Crippen molar-refractivity contribution in [2.24, 2.45) is 4.99 Å². The fraction of sp³-hybridized carbons (Fsp3) is 0.143. The lowest BCUT2D eigenvalue weighted by molar-refractivity contribution is -0.115. The molecule has 2 aromatic rings. The molecular formula is C21H18BrIN2O2S. The number of aliphatic imine (C=N–C) groups is 1. The second kappa shape index (κ2) is 9.28. The number of halogens is 2. The number of amidine groups is 1. The third-order valence-electron chi connectivity index (χ3n) is 3.91. The molecular weight excluding hydrogens is 551 g/mol. The van der Waals surface area contributed by atoms with Crippen LogP contribution in [0.4, 0.5) is 5.69 Å². The van der Waals surface area contributed by atoms with Gasteiger partial charge in [0.1, 0.15) is 12.4 Å². The maximum Gasteiger partial charge on any atom is 0.264 e. The van der Waals surface area contributed by atoms with Crippen LogP contribution in [0.5, 0.6) is 5.75 Å². The van der Waals surface area contributed by atoms with Gasteiger partial charge in [0, 0.05) is 4.47 Å². The van der Waals surface area contributed by atoms with Crippen LogP contribution in [-0.4, -0.2) is 17.7 Å². The van der Waals surface area contributed by atoms with Crippen LogP contribution < -0.4 is 10.1 Å². The molecule has 3 rings (SSSR count). The zero-order valence-electron chi connectivity index (χ0n) is 15.4. The van der Waals surface area contributed by atoms with Crippen LogP contribution in [-0.2, 0) is 4.79 Å². The quantitative estimate of drug-likeness (QED) is 0.268. The van der Waals surface area contributed by atoms with Crippen molar-refractivity contribution in [3.8, 4) is 5.75 Å². The van der Waals surface area contributed by atoms with Crippen LogP contribution in [0, 0.1) is 17.4 Å². The lowest BCUT2D eigenvalue weighted by Gasteiger charge is -2.06. The molecule has 1 aliphatic heterocycles. The first-order valence-electron chi connectivity index (χ1n) is 8.47. The Morgan fingerprint density at radius 2 is 2.00 bits per heavy atom. The molecule has 0 bridgehead atoms. The molecule has 1 saturated heterocycles. The normalized spacial score (nSPS) is 16.5. The minimum atomic E-state index is -0.142. The molecule has 1 fully saturated rings. The zero-order chi connectivity index (χ0) is 20.3. The van der Waals surface area contributed by atoms with E-state index in [1.165, 1.54) is 11.8 Å². The van der Waals surface area contributed by atoms with Crippen molar-refractivity contribution in [1.29, 1.82) is 0 Å². The van der Waals surface area contributed by atoms with E-state index in [0.29, 0.717) is 16.7 Å². The fourth-order valence-corrected chi connectivity index (χ4v) is 4.38. The van der Waals surface area contributed by atoms with Gasteiger partial charge in [-0.2, -0.15) is 0 Å². The number of nitrogens with one attached hydrogen (secondary N) is 1. The minimum absolute atomic E-state index is 0.142. The Hall–Kier alpha value is -1.58. The number of rotatable bonds is 5. The van der Waals surface area contributed by atoms with Gasteiger partial charge in [0.25, 0.3) is 5.91 Å². The average molecular weight is 569 g/mol. The fourth-order valence-electron chi connectivity index (χ4n) is 2.61. The molecule has 0 spiro atoms.